The molecular weight excluding hydrogens is 490 g/mol. The van der Waals surface area contributed by atoms with Gasteiger partial charge >= 0.3 is 0 Å². The third kappa shape index (κ3) is 4.42. The van der Waals surface area contributed by atoms with Crippen LogP contribution < -0.4 is 14.4 Å². The van der Waals surface area contributed by atoms with Gasteiger partial charge in [0.2, 0.25) is 0 Å². The number of aryl methyl sites for hydroxylation is 1. The number of hydrogen-bond acceptors (Lipinski definition) is 5. The van der Waals surface area contributed by atoms with E-state index >= 15 is 0 Å². The monoisotopic (exact) mass is 521 g/mol. The second kappa shape index (κ2) is 10.3. The maximum atomic E-state index is 13.7. The van der Waals surface area contributed by atoms with Gasteiger partial charge in [-0.25, -0.2) is 0 Å². The molecule has 0 aliphatic carbocycles. The van der Waals surface area contributed by atoms with Crippen molar-refractivity contribution in [3.8, 4) is 11.5 Å². The standard InChI is InChI=1S/C33H31NO5/c1-19(2)26-18-27(20(3)17-28(26)39-5)31(35)29-30(25-12-8-10-21-9-6-7-11-24(21)25)34(33(37)32(29)36)22-13-15-23(38-4)16-14-22/h6-19,30,35H,1-5H3/b31-29+. The molecule has 4 aromatic carbocycles. The van der Waals surface area contributed by atoms with E-state index in [-0.39, 0.29) is 17.3 Å². The summed E-state index contributed by atoms with van der Waals surface area (Å²) < 4.78 is 10.9. The van der Waals surface area contributed by atoms with Gasteiger partial charge in [-0.15, -0.1) is 0 Å². The Balaban J connectivity index is 1.80. The van der Waals surface area contributed by atoms with Crippen molar-refractivity contribution in [1.82, 2.24) is 0 Å². The zero-order valence-corrected chi connectivity index (χ0v) is 22.7. The maximum absolute atomic E-state index is 13.7. The van der Waals surface area contributed by atoms with Gasteiger partial charge in [0, 0.05) is 11.3 Å². The molecule has 6 heteroatoms. The highest BCUT2D eigenvalue weighted by Crippen LogP contribution is 2.45. The number of nitrogens with zero attached hydrogens (tertiary/aromatic N) is 1. The van der Waals surface area contributed by atoms with Crippen molar-refractivity contribution >= 4 is 33.9 Å². The van der Waals surface area contributed by atoms with E-state index in [9.17, 15) is 14.7 Å². The van der Waals surface area contributed by atoms with Crippen LogP contribution in [-0.2, 0) is 9.59 Å². The van der Waals surface area contributed by atoms with Crippen molar-refractivity contribution < 1.29 is 24.2 Å². The molecule has 1 aliphatic rings. The largest absolute Gasteiger partial charge is 0.507 e. The number of aliphatic hydroxyl groups is 1. The van der Waals surface area contributed by atoms with Crippen LogP contribution in [0.3, 0.4) is 0 Å². The average Bonchev–Trinajstić information content (AvgIpc) is 3.21. The Labute approximate surface area is 228 Å². The molecule has 6 nitrogen and oxygen atoms in total. The van der Waals surface area contributed by atoms with Gasteiger partial charge in [0.05, 0.1) is 25.8 Å². The molecule has 1 unspecified atom stereocenters. The first kappa shape index (κ1) is 26.0. The quantitative estimate of drug-likeness (QED) is 0.169. The number of carbonyl (C=O) groups is 2. The van der Waals surface area contributed by atoms with E-state index in [1.165, 1.54) is 4.90 Å². The first-order valence-corrected chi connectivity index (χ1v) is 12.9. The smallest absolute Gasteiger partial charge is 0.300 e. The molecule has 39 heavy (non-hydrogen) atoms. The third-order valence-corrected chi connectivity index (χ3v) is 7.37. The molecule has 1 aliphatic heterocycles. The molecule has 0 saturated carbocycles. The summed E-state index contributed by atoms with van der Waals surface area (Å²) in [4.78, 5) is 28.9. The normalized spacial score (nSPS) is 16.8. The fraction of sp³-hybridized carbons (Fsp3) is 0.212. The molecule has 1 atom stereocenters. The molecule has 4 aromatic rings. The molecule has 1 fully saturated rings. The Kier molecular flexibility index (Phi) is 6.87. The lowest BCUT2D eigenvalue weighted by atomic mass is 9.89. The molecule has 1 N–H and O–H groups in total. The molecule has 1 amide bonds. The summed E-state index contributed by atoms with van der Waals surface area (Å²) in [5, 5.41) is 13.7. The van der Waals surface area contributed by atoms with Gasteiger partial charge in [-0.2, -0.15) is 0 Å². The Morgan fingerprint density at radius 3 is 2.26 bits per heavy atom. The van der Waals surface area contributed by atoms with Crippen LogP contribution in [0.1, 0.15) is 48.1 Å². The summed E-state index contributed by atoms with van der Waals surface area (Å²) in [6, 6.07) is 23.5. The van der Waals surface area contributed by atoms with E-state index in [1.807, 2.05) is 75.4 Å². The minimum Gasteiger partial charge on any atom is -0.507 e. The van der Waals surface area contributed by atoms with E-state index in [2.05, 4.69) is 0 Å². The van der Waals surface area contributed by atoms with Crippen molar-refractivity contribution in [2.75, 3.05) is 19.1 Å². The summed E-state index contributed by atoms with van der Waals surface area (Å²) in [7, 11) is 3.18. The zero-order valence-electron chi connectivity index (χ0n) is 22.7. The van der Waals surface area contributed by atoms with Crippen LogP contribution in [0.15, 0.2) is 84.4 Å². The Hall–Kier alpha value is -4.58. The fourth-order valence-corrected chi connectivity index (χ4v) is 5.35. The van der Waals surface area contributed by atoms with Crippen LogP contribution >= 0.6 is 0 Å². The lowest BCUT2D eigenvalue weighted by molar-refractivity contribution is -0.132. The minimum absolute atomic E-state index is 0.0511. The molecule has 0 radical (unpaired) electrons. The molecule has 1 heterocycles. The lowest BCUT2D eigenvalue weighted by Crippen LogP contribution is -2.29. The highest BCUT2D eigenvalue weighted by atomic mass is 16.5. The van der Waals surface area contributed by atoms with Crippen molar-refractivity contribution in [1.29, 1.82) is 0 Å². The predicted octanol–water partition coefficient (Wildman–Crippen LogP) is 6.92. The summed E-state index contributed by atoms with van der Waals surface area (Å²) in [5.41, 5.74) is 3.47. The highest BCUT2D eigenvalue weighted by Gasteiger charge is 2.47. The number of ether oxygens (including phenoxy) is 2. The summed E-state index contributed by atoms with van der Waals surface area (Å²) in [6.45, 7) is 5.93. The van der Waals surface area contributed by atoms with Gasteiger partial charge in [-0.05, 0) is 76.7 Å². The Bertz CT molecular complexity index is 1610. The topological polar surface area (TPSA) is 76.1 Å². The summed E-state index contributed by atoms with van der Waals surface area (Å²) in [5.74, 6) is -0.181. The second-order valence-electron chi connectivity index (χ2n) is 10.00. The van der Waals surface area contributed by atoms with Crippen LogP contribution in [0.25, 0.3) is 16.5 Å². The minimum atomic E-state index is -0.839. The molecule has 198 valence electrons. The van der Waals surface area contributed by atoms with Crippen LogP contribution in [0.5, 0.6) is 11.5 Å². The number of amides is 1. The SMILES string of the molecule is COc1ccc(N2C(=O)C(=O)/C(=C(/O)c3cc(C(C)C)c(OC)cc3C)C2c2cccc3ccccc23)cc1. The van der Waals surface area contributed by atoms with Gasteiger partial charge in [0.1, 0.15) is 17.3 Å². The van der Waals surface area contributed by atoms with Gasteiger partial charge in [-0.3, -0.25) is 14.5 Å². The van der Waals surface area contributed by atoms with Gasteiger partial charge in [0.25, 0.3) is 11.7 Å². The van der Waals surface area contributed by atoms with E-state index in [1.54, 1.807) is 38.5 Å². The lowest BCUT2D eigenvalue weighted by Gasteiger charge is -2.27. The molecular formula is C33H31NO5. The number of fused-ring (bicyclic) bond motifs is 1. The van der Waals surface area contributed by atoms with Crippen molar-refractivity contribution in [2.24, 2.45) is 0 Å². The van der Waals surface area contributed by atoms with Crippen molar-refractivity contribution in [3.05, 3.63) is 107 Å². The molecule has 5 rings (SSSR count). The Morgan fingerprint density at radius 2 is 1.59 bits per heavy atom. The van der Waals surface area contributed by atoms with Crippen LogP contribution in [-0.4, -0.2) is 31.0 Å². The number of ketones is 1. The number of Topliss-reactive ketones (excluding diaryl/α,β-unsaturated/α-hetero) is 1. The fourth-order valence-electron chi connectivity index (χ4n) is 5.35. The van der Waals surface area contributed by atoms with E-state index in [4.69, 9.17) is 9.47 Å². The first-order chi connectivity index (χ1) is 18.8. The number of rotatable bonds is 6. The van der Waals surface area contributed by atoms with Crippen LogP contribution in [0.4, 0.5) is 5.69 Å². The summed E-state index contributed by atoms with van der Waals surface area (Å²) >= 11 is 0. The van der Waals surface area contributed by atoms with E-state index < -0.39 is 17.7 Å². The summed E-state index contributed by atoms with van der Waals surface area (Å²) in [6.07, 6.45) is 0. The Morgan fingerprint density at radius 1 is 0.897 bits per heavy atom. The average molecular weight is 522 g/mol. The van der Waals surface area contributed by atoms with E-state index in [0.717, 1.165) is 27.5 Å². The molecule has 1 saturated heterocycles. The highest BCUT2D eigenvalue weighted by molar-refractivity contribution is 6.52. The van der Waals surface area contributed by atoms with Crippen molar-refractivity contribution in [2.45, 2.75) is 32.7 Å². The predicted molar refractivity (Wildman–Crippen MR) is 154 cm³/mol. The van der Waals surface area contributed by atoms with E-state index in [0.29, 0.717) is 22.7 Å². The zero-order chi connectivity index (χ0) is 27.8. The number of anilines is 1. The number of hydrogen-bond donors (Lipinski definition) is 1. The molecule has 0 bridgehead atoms. The number of methoxy groups -OCH3 is 2. The van der Waals surface area contributed by atoms with Crippen LogP contribution in [0, 0.1) is 6.92 Å². The second-order valence-corrected chi connectivity index (χ2v) is 10.00. The van der Waals surface area contributed by atoms with Crippen LogP contribution in [0.2, 0.25) is 0 Å². The molecule has 0 aromatic heterocycles. The van der Waals surface area contributed by atoms with Gasteiger partial charge in [-0.1, -0.05) is 56.3 Å². The molecule has 0 spiro atoms. The third-order valence-electron chi connectivity index (χ3n) is 7.37. The number of carbonyl (C=O) groups excluding carboxylic acids is 2. The maximum Gasteiger partial charge on any atom is 0.300 e. The number of aliphatic hydroxyl groups excluding tert-OH is 1. The number of benzene rings is 4. The van der Waals surface area contributed by atoms with Crippen molar-refractivity contribution in [3.63, 3.8) is 0 Å². The first-order valence-electron chi connectivity index (χ1n) is 12.9. The van der Waals surface area contributed by atoms with Gasteiger partial charge in [0.15, 0.2) is 0 Å². The van der Waals surface area contributed by atoms with Gasteiger partial charge < -0.3 is 14.6 Å².